The van der Waals surface area contributed by atoms with E-state index in [4.69, 9.17) is 0 Å². The van der Waals surface area contributed by atoms with Crippen LogP contribution in [-0.4, -0.2) is 17.7 Å². The fraction of sp³-hybridized carbons (Fsp3) is 0.800. The third-order valence-corrected chi connectivity index (χ3v) is 0.934. The summed E-state index contributed by atoms with van der Waals surface area (Å²) in [6.45, 7) is 4.23. The van der Waals surface area contributed by atoms with E-state index >= 15 is 0 Å². The summed E-state index contributed by atoms with van der Waals surface area (Å²) in [7, 11) is 0. The molecule has 0 saturated heterocycles. The van der Waals surface area contributed by atoms with Crippen molar-refractivity contribution in [3.8, 4) is 0 Å². The highest BCUT2D eigenvalue weighted by atomic mass is 32.1. The summed E-state index contributed by atoms with van der Waals surface area (Å²) in [6, 6.07) is 0. The second-order valence-electron chi connectivity index (χ2n) is 1.54. The summed E-state index contributed by atoms with van der Waals surface area (Å²) < 4.78 is 0. The van der Waals surface area contributed by atoms with Crippen LogP contribution in [0.25, 0.3) is 0 Å². The Kier molecular flexibility index (Phi) is 3.69. The lowest BCUT2D eigenvalue weighted by atomic mass is 10.4. The molecule has 3 heteroatoms. The maximum Gasteiger partial charge on any atom is 0.233 e. The summed E-state index contributed by atoms with van der Waals surface area (Å²) in [4.78, 5) is 10.5. The lowest BCUT2D eigenvalue weighted by Crippen LogP contribution is -2.29. The van der Waals surface area contributed by atoms with Crippen molar-refractivity contribution in [1.29, 1.82) is 0 Å². The highest BCUT2D eigenvalue weighted by molar-refractivity contribution is 7.81. The van der Waals surface area contributed by atoms with Crippen molar-refractivity contribution >= 4 is 18.5 Å². The van der Waals surface area contributed by atoms with Crippen LogP contribution in [-0.2, 0) is 4.79 Å². The smallest absolute Gasteiger partial charge is 0.233 e. The molecule has 0 aliphatic carbocycles. The van der Waals surface area contributed by atoms with Gasteiger partial charge in [-0.25, -0.2) is 0 Å². The Morgan fingerprint density at radius 1 is 1.88 bits per heavy atom. The van der Waals surface area contributed by atoms with Crippen molar-refractivity contribution in [2.24, 2.45) is 0 Å². The van der Waals surface area contributed by atoms with Gasteiger partial charge in [0, 0.05) is 6.54 Å². The van der Waals surface area contributed by atoms with Gasteiger partial charge in [0.05, 0.1) is 5.25 Å². The Morgan fingerprint density at radius 3 is 2.50 bits per heavy atom. The minimum atomic E-state index is -0.296. The van der Waals surface area contributed by atoms with Gasteiger partial charge in [0.25, 0.3) is 0 Å². The minimum absolute atomic E-state index is 0.0532. The Bertz CT molecular complexity index is 82.5. The lowest BCUT2D eigenvalue weighted by Gasteiger charge is -2.00. The zero-order valence-electron chi connectivity index (χ0n) is 5.10. The molecule has 0 fully saturated rings. The Morgan fingerprint density at radius 2 is 2.38 bits per heavy atom. The number of hydrogen-bond donors (Lipinski definition) is 1. The van der Waals surface area contributed by atoms with Gasteiger partial charge in [-0.3, -0.25) is 4.79 Å². The zero-order valence-corrected chi connectivity index (χ0v) is 5.92. The molecule has 0 aliphatic heterocycles. The summed E-state index contributed by atoms with van der Waals surface area (Å²) in [5.41, 5.74) is 0. The summed E-state index contributed by atoms with van der Waals surface area (Å²) in [5, 5.41) is 2.31. The average Bonchev–Trinajstić information content (AvgIpc) is 1.67. The molecular weight excluding hydrogens is 122 g/mol. The lowest BCUT2D eigenvalue weighted by molar-refractivity contribution is -0.120. The number of rotatable bonds is 2. The standard InChI is InChI=1S/C5H10NOS/c1-3-6-5(7)4(2)8/h4H,3H2,1-2H3,(H,6,7). The van der Waals surface area contributed by atoms with Crippen molar-refractivity contribution in [2.45, 2.75) is 19.1 Å². The van der Waals surface area contributed by atoms with Crippen LogP contribution in [0.1, 0.15) is 13.8 Å². The molecule has 1 atom stereocenters. The van der Waals surface area contributed by atoms with Gasteiger partial charge in [-0.15, -0.1) is 0 Å². The predicted molar refractivity (Wildman–Crippen MR) is 35.7 cm³/mol. The summed E-state index contributed by atoms with van der Waals surface area (Å²) in [6.07, 6.45) is 0. The van der Waals surface area contributed by atoms with Crippen LogP contribution in [0.5, 0.6) is 0 Å². The molecular formula is C5H10NOS. The molecule has 47 valence electrons. The minimum Gasteiger partial charge on any atom is -0.355 e. The molecule has 1 unspecified atom stereocenters. The number of hydrogen-bond acceptors (Lipinski definition) is 1. The first kappa shape index (κ1) is 7.82. The van der Waals surface area contributed by atoms with Gasteiger partial charge in [0.2, 0.25) is 5.91 Å². The van der Waals surface area contributed by atoms with Crippen molar-refractivity contribution in [3.63, 3.8) is 0 Å². The molecule has 0 saturated carbocycles. The topological polar surface area (TPSA) is 29.1 Å². The van der Waals surface area contributed by atoms with Crippen molar-refractivity contribution in [1.82, 2.24) is 5.32 Å². The van der Waals surface area contributed by atoms with Crippen LogP contribution in [0.4, 0.5) is 0 Å². The molecule has 0 aliphatic rings. The zero-order chi connectivity index (χ0) is 6.57. The van der Waals surface area contributed by atoms with Crippen LogP contribution in [0, 0.1) is 0 Å². The largest absolute Gasteiger partial charge is 0.355 e. The monoisotopic (exact) mass is 132 g/mol. The van der Waals surface area contributed by atoms with Gasteiger partial charge < -0.3 is 5.32 Å². The first-order chi connectivity index (χ1) is 3.68. The first-order valence-electron chi connectivity index (χ1n) is 2.62. The quantitative estimate of drug-likeness (QED) is 0.589. The van der Waals surface area contributed by atoms with E-state index in [-0.39, 0.29) is 11.2 Å². The van der Waals surface area contributed by atoms with Crippen molar-refractivity contribution in [2.75, 3.05) is 6.54 Å². The van der Waals surface area contributed by atoms with Gasteiger partial charge in [-0.2, -0.15) is 0 Å². The second-order valence-corrected chi connectivity index (χ2v) is 2.24. The molecule has 0 aromatic carbocycles. The molecule has 1 N–H and O–H groups in total. The molecule has 0 aromatic rings. The number of carbonyl (C=O) groups excluding carboxylic acids is 1. The highest BCUT2D eigenvalue weighted by Gasteiger charge is 2.04. The van der Waals surface area contributed by atoms with Gasteiger partial charge in [0.1, 0.15) is 0 Å². The third-order valence-electron chi connectivity index (χ3n) is 0.720. The third kappa shape index (κ3) is 2.91. The Labute approximate surface area is 55.1 Å². The van der Waals surface area contributed by atoms with Crippen LogP contribution in [0.2, 0.25) is 0 Å². The van der Waals surface area contributed by atoms with Crippen LogP contribution >= 0.6 is 12.6 Å². The van der Waals surface area contributed by atoms with E-state index in [1.54, 1.807) is 6.92 Å². The molecule has 0 heterocycles. The van der Waals surface area contributed by atoms with Gasteiger partial charge in [-0.05, 0) is 13.8 Å². The van der Waals surface area contributed by atoms with E-state index in [0.29, 0.717) is 6.54 Å². The maximum absolute atomic E-state index is 10.5. The van der Waals surface area contributed by atoms with Gasteiger partial charge in [0.15, 0.2) is 0 Å². The Hall–Kier alpha value is -0.180. The molecule has 1 radical (unpaired) electrons. The SMILES string of the molecule is CCNC(=O)C(C)[S]. The van der Waals surface area contributed by atoms with Crippen LogP contribution in [0.3, 0.4) is 0 Å². The molecule has 0 spiro atoms. The van der Waals surface area contributed by atoms with E-state index < -0.39 is 0 Å². The van der Waals surface area contributed by atoms with Crippen molar-refractivity contribution < 1.29 is 4.79 Å². The van der Waals surface area contributed by atoms with Gasteiger partial charge in [-0.1, -0.05) is 12.6 Å². The van der Waals surface area contributed by atoms with E-state index in [1.165, 1.54) is 0 Å². The normalized spacial score (nSPS) is 12.9. The number of carbonyl (C=O) groups is 1. The second kappa shape index (κ2) is 3.78. The van der Waals surface area contributed by atoms with Gasteiger partial charge >= 0.3 is 0 Å². The molecule has 0 rings (SSSR count). The van der Waals surface area contributed by atoms with E-state index in [0.717, 1.165) is 0 Å². The fourth-order valence-corrected chi connectivity index (χ4v) is 0.401. The number of amides is 1. The van der Waals surface area contributed by atoms with Crippen LogP contribution < -0.4 is 5.32 Å². The molecule has 0 aromatic heterocycles. The van der Waals surface area contributed by atoms with E-state index in [9.17, 15) is 4.79 Å². The van der Waals surface area contributed by atoms with E-state index in [1.807, 2.05) is 6.92 Å². The fourth-order valence-electron chi connectivity index (χ4n) is 0.318. The Balaban J connectivity index is 3.33. The highest BCUT2D eigenvalue weighted by Crippen LogP contribution is 1.89. The average molecular weight is 132 g/mol. The van der Waals surface area contributed by atoms with E-state index in [2.05, 4.69) is 17.9 Å². The van der Waals surface area contributed by atoms with Crippen LogP contribution in [0.15, 0.2) is 0 Å². The molecule has 0 bridgehead atoms. The predicted octanol–water partition coefficient (Wildman–Crippen LogP) is 0.709. The first-order valence-corrected chi connectivity index (χ1v) is 3.09. The molecule has 2 nitrogen and oxygen atoms in total. The molecule has 8 heavy (non-hydrogen) atoms. The molecule has 1 amide bonds. The summed E-state index contributed by atoms with van der Waals surface area (Å²) >= 11 is 4.65. The summed E-state index contributed by atoms with van der Waals surface area (Å²) in [5.74, 6) is -0.0532. The maximum atomic E-state index is 10.5. The van der Waals surface area contributed by atoms with Crippen molar-refractivity contribution in [3.05, 3.63) is 0 Å². The number of nitrogens with one attached hydrogen (secondary N) is 1.